The SMILES string of the molecule is CC(=O)NCC(=O)N1CCC(NCc2cc(-c3ccc(Cl)cc3Cl)ccc2OC(F)(F)F)C(c2ccccc2)C1. The van der Waals surface area contributed by atoms with E-state index in [0.717, 1.165) is 5.56 Å². The topological polar surface area (TPSA) is 70.7 Å². The highest BCUT2D eigenvalue weighted by atomic mass is 35.5. The number of hydrogen-bond donors (Lipinski definition) is 2. The van der Waals surface area contributed by atoms with Crippen molar-refractivity contribution in [3.63, 3.8) is 0 Å². The van der Waals surface area contributed by atoms with Crippen LogP contribution in [0.2, 0.25) is 10.0 Å². The Balaban J connectivity index is 1.58. The molecular formula is C29H28Cl2F3N3O3. The van der Waals surface area contributed by atoms with Gasteiger partial charge in [0.15, 0.2) is 0 Å². The number of carbonyl (C=O) groups is 2. The van der Waals surface area contributed by atoms with Crippen LogP contribution >= 0.6 is 23.2 Å². The zero-order valence-corrected chi connectivity index (χ0v) is 23.1. The number of likely N-dealkylation sites (tertiary alicyclic amines) is 1. The molecule has 0 aliphatic carbocycles. The first-order chi connectivity index (χ1) is 19.0. The van der Waals surface area contributed by atoms with Gasteiger partial charge >= 0.3 is 6.36 Å². The van der Waals surface area contributed by atoms with Gasteiger partial charge in [-0.15, -0.1) is 13.2 Å². The molecule has 2 N–H and O–H groups in total. The van der Waals surface area contributed by atoms with Gasteiger partial charge in [0.1, 0.15) is 5.75 Å². The van der Waals surface area contributed by atoms with Gasteiger partial charge in [-0.1, -0.05) is 65.7 Å². The van der Waals surface area contributed by atoms with Crippen molar-refractivity contribution in [1.82, 2.24) is 15.5 Å². The summed E-state index contributed by atoms with van der Waals surface area (Å²) in [7, 11) is 0. The van der Waals surface area contributed by atoms with Crippen LogP contribution in [0.5, 0.6) is 5.75 Å². The number of amides is 2. The van der Waals surface area contributed by atoms with E-state index in [1.807, 2.05) is 30.3 Å². The summed E-state index contributed by atoms with van der Waals surface area (Å²) in [5.74, 6) is -0.920. The second-order valence-corrected chi connectivity index (χ2v) is 10.4. The number of alkyl halides is 3. The van der Waals surface area contributed by atoms with Crippen LogP contribution < -0.4 is 15.4 Å². The summed E-state index contributed by atoms with van der Waals surface area (Å²) in [6.07, 6.45) is -4.30. The van der Waals surface area contributed by atoms with Gasteiger partial charge in [-0.2, -0.15) is 0 Å². The molecule has 1 saturated heterocycles. The summed E-state index contributed by atoms with van der Waals surface area (Å²) >= 11 is 12.4. The number of hydrogen-bond acceptors (Lipinski definition) is 4. The average molecular weight is 594 g/mol. The Labute approximate surface area is 240 Å². The van der Waals surface area contributed by atoms with Crippen LogP contribution in [0.25, 0.3) is 11.1 Å². The number of halogens is 5. The molecule has 0 aromatic heterocycles. The van der Waals surface area contributed by atoms with Crippen LogP contribution in [-0.2, 0) is 16.1 Å². The van der Waals surface area contributed by atoms with E-state index in [1.54, 1.807) is 29.2 Å². The van der Waals surface area contributed by atoms with Gasteiger partial charge in [0.2, 0.25) is 11.8 Å². The predicted molar refractivity (Wildman–Crippen MR) is 148 cm³/mol. The number of rotatable bonds is 8. The van der Waals surface area contributed by atoms with Crippen molar-refractivity contribution in [1.29, 1.82) is 0 Å². The molecule has 212 valence electrons. The number of ether oxygens (including phenoxy) is 1. The molecule has 0 spiro atoms. The normalized spacial score (nSPS) is 17.4. The van der Waals surface area contributed by atoms with Crippen LogP contribution in [0.3, 0.4) is 0 Å². The predicted octanol–water partition coefficient (Wildman–Crippen LogP) is 6.17. The van der Waals surface area contributed by atoms with Gasteiger partial charge < -0.3 is 20.3 Å². The van der Waals surface area contributed by atoms with Crippen LogP contribution in [0, 0.1) is 0 Å². The van der Waals surface area contributed by atoms with Crippen molar-refractivity contribution < 1.29 is 27.5 Å². The number of benzene rings is 3. The summed E-state index contributed by atoms with van der Waals surface area (Å²) in [4.78, 5) is 25.7. The first-order valence-electron chi connectivity index (χ1n) is 12.6. The van der Waals surface area contributed by atoms with Gasteiger partial charge in [0.25, 0.3) is 0 Å². The van der Waals surface area contributed by atoms with Crippen molar-refractivity contribution in [3.8, 4) is 16.9 Å². The second kappa shape index (κ2) is 12.9. The average Bonchev–Trinajstić information content (AvgIpc) is 2.91. The van der Waals surface area contributed by atoms with Crippen molar-refractivity contribution in [3.05, 3.63) is 87.9 Å². The van der Waals surface area contributed by atoms with E-state index in [1.165, 1.54) is 19.1 Å². The van der Waals surface area contributed by atoms with E-state index in [-0.39, 0.29) is 42.6 Å². The van der Waals surface area contributed by atoms with Crippen LogP contribution in [0.4, 0.5) is 13.2 Å². The van der Waals surface area contributed by atoms with Gasteiger partial charge in [0, 0.05) is 59.7 Å². The number of carbonyl (C=O) groups excluding carboxylic acids is 2. The lowest BCUT2D eigenvalue weighted by molar-refractivity contribution is -0.274. The van der Waals surface area contributed by atoms with Crippen LogP contribution in [0.1, 0.15) is 30.4 Å². The van der Waals surface area contributed by atoms with Crippen molar-refractivity contribution in [2.45, 2.75) is 38.2 Å². The third-order valence-electron chi connectivity index (χ3n) is 6.76. The molecule has 2 amide bonds. The quantitative estimate of drug-likeness (QED) is 0.328. The molecule has 40 heavy (non-hydrogen) atoms. The Bertz CT molecular complexity index is 1360. The number of nitrogens with zero attached hydrogens (tertiary/aromatic N) is 1. The monoisotopic (exact) mass is 593 g/mol. The molecule has 4 rings (SSSR count). The van der Waals surface area contributed by atoms with Gasteiger partial charge in [0.05, 0.1) is 6.54 Å². The summed E-state index contributed by atoms with van der Waals surface area (Å²) in [6, 6.07) is 18.8. The van der Waals surface area contributed by atoms with Crippen LogP contribution in [0.15, 0.2) is 66.7 Å². The van der Waals surface area contributed by atoms with Crippen LogP contribution in [-0.4, -0.2) is 48.8 Å². The lowest BCUT2D eigenvalue weighted by atomic mass is 9.85. The van der Waals surface area contributed by atoms with Crippen molar-refractivity contribution in [2.24, 2.45) is 0 Å². The smallest absolute Gasteiger partial charge is 0.405 e. The lowest BCUT2D eigenvalue weighted by Gasteiger charge is -2.39. The molecule has 11 heteroatoms. The molecule has 2 atom stereocenters. The Morgan fingerprint density at radius 2 is 1.80 bits per heavy atom. The van der Waals surface area contributed by atoms with E-state index in [2.05, 4.69) is 15.4 Å². The van der Waals surface area contributed by atoms with E-state index < -0.39 is 6.36 Å². The maximum Gasteiger partial charge on any atom is 0.573 e. The minimum absolute atomic E-state index is 0.0816. The molecule has 0 saturated carbocycles. The molecule has 1 aliphatic rings. The van der Waals surface area contributed by atoms with Gasteiger partial charge in [-0.3, -0.25) is 9.59 Å². The highest BCUT2D eigenvalue weighted by Gasteiger charge is 2.34. The first-order valence-corrected chi connectivity index (χ1v) is 13.4. The molecule has 0 bridgehead atoms. The number of piperidine rings is 1. The molecule has 0 radical (unpaired) electrons. The largest absolute Gasteiger partial charge is 0.573 e. The molecule has 3 aromatic rings. The molecule has 1 aliphatic heterocycles. The fourth-order valence-electron chi connectivity index (χ4n) is 4.85. The zero-order chi connectivity index (χ0) is 28.9. The van der Waals surface area contributed by atoms with Crippen molar-refractivity contribution in [2.75, 3.05) is 19.6 Å². The Morgan fingerprint density at radius 3 is 2.48 bits per heavy atom. The zero-order valence-electron chi connectivity index (χ0n) is 21.6. The summed E-state index contributed by atoms with van der Waals surface area (Å²) < 4.78 is 44.0. The molecular weight excluding hydrogens is 566 g/mol. The second-order valence-electron chi connectivity index (χ2n) is 9.54. The molecule has 3 aromatic carbocycles. The molecule has 2 unspecified atom stereocenters. The molecule has 1 fully saturated rings. The summed E-state index contributed by atoms with van der Waals surface area (Å²) in [5.41, 5.74) is 2.53. The maximum absolute atomic E-state index is 13.2. The van der Waals surface area contributed by atoms with Gasteiger partial charge in [-0.05, 0) is 41.8 Å². The van der Waals surface area contributed by atoms with Gasteiger partial charge in [-0.25, -0.2) is 0 Å². The standard InChI is InChI=1S/C29H28Cl2F3N3O3/c1-18(38)35-16-28(39)37-12-11-26(24(17-37)19-5-3-2-4-6-19)36-15-21-13-20(7-10-27(21)40-29(32,33)34)23-9-8-22(30)14-25(23)31/h2-10,13-14,24,26,36H,11-12,15-17H2,1H3,(H,35,38). The highest BCUT2D eigenvalue weighted by Crippen LogP contribution is 2.35. The molecule has 6 nitrogen and oxygen atoms in total. The fraction of sp³-hybridized carbons (Fsp3) is 0.310. The lowest BCUT2D eigenvalue weighted by Crippen LogP contribution is -2.51. The third kappa shape index (κ3) is 7.90. The Kier molecular flexibility index (Phi) is 9.60. The minimum atomic E-state index is -4.86. The van der Waals surface area contributed by atoms with E-state index in [4.69, 9.17) is 23.2 Å². The summed E-state index contributed by atoms with van der Waals surface area (Å²) in [6.45, 7) is 2.17. The third-order valence-corrected chi connectivity index (χ3v) is 7.31. The fourth-order valence-corrected chi connectivity index (χ4v) is 5.36. The number of nitrogens with one attached hydrogen (secondary N) is 2. The van der Waals surface area contributed by atoms with E-state index >= 15 is 0 Å². The Morgan fingerprint density at radius 1 is 1.05 bits per heavy atom. The minimum Gasteiger partial charge on any atom is -0.405 e. The van der Waals surface area contributed by atoms with E-state index in [9.17, 15) is 22.8 Å². The van der Waals surface area contributed by atoms with Crippen molar-refractivity contribution >= 4 is 35.0 Å². The van der Waals surface area contributed by atoms with E-state index in [0.29, 0.717) is 46.2 Å². The Hall–Kier alpha value is -3.27. The molecule has 1 heterocycles. The summed E-state index contributed by atoms with van der Waals surface area (Å²) in [5, 5.41) is 6.77. The highest BCUT2D eigenvalue weighted by molar-refractivity contribution is 6.36. The maximum atomic E-state index is 13.2. The first kappa shape index (κ1) is 29.7.